The summed E-state index contributed by atoms with van der Waals surface area (Å²) in [6.45, 7) is 0. The van der Waals surface area contributed by atoms with Gasteiger partial charge in [0.05, 0.1) is 0 Å². The smallest absolute Gasteiger partial charge is 0.384 e. The highest BCUT2D eigenvalue weighted by atomic mass is 31.1. The van der Waals surface area contributed by atoms with Gasteiger partial charge in [-0.1, -0.05) is 121 Å². The van der Waals surface area contributed by atoms with Crippen LogP contribution in [0.25, 0.3) is 87.3 Å². The minimum atomic E-state index is -2.28. The maximum absolute atomic E-state index is 11.4. The van der Waals surface area contributed by atoms with Gasteiger partial charge in [0.15, 0.2) is 11.2 Å². The molecule has 44 heavy (non-hydrogen) atoms. The summed E-state index contributed by atoms with van der Waals surface area (Å²) in [6.07, 6.45) is 0. The third-order valence-corrected chi connectivity index (χ3v) is 9.39. The Morgan fingerprint density at radius 2 is 0.773 bits per heavy atom. The Labute approximate surface area is 253 Å². The third kappa shape index (κ3) is 3.95. The van der Waals surface area contributed by atoms with Gasteiger partial charge >= 0.3 is 8.24 Å². The molecule has 0 fully saturated rings. The van der Waals surface area contributed by atoms with E-state index in [1.54, 1.807) is 0 Å². The zero-order valence-electron chi connectivity index (χ0n) is 23.6. The predicted octanol–water partition coefficient (Wildman–Crippen LogP) is 12.0. The van der Waals surface area contributed by atoms with Crippen molar-refractivity contribution in [2.75, 3.05) is 0 Å². The first-order chi connectivity index (χ1) is 21.7. The molecule has 1 heterocycles. The molecular weight excluding hydrogens is 559 g/mol. The molecule has 0 saturated heterocycles. The molecule has 0 aliphatic heterocycles. The van der Waals surface area contributed by atoms with Crippen molar-refractivity contribution in [3.05, 3.63) is 146 Å². The highest BCUT2D eigenvalue weighted by molar-refractivity contribution is 7.30. The van der Waals surface area contributed by atoms with Crippen LogP contribution in [0.3, 0.4) is 0 Å². The van der Waals surface area contributed by atoms with Crippen molar-refractivity contribution in [2.45, 2.75) is 0 Å². The van der Waals surface area contributed by atoms with Crippen molar-refractivity contribution in [3.63, 3.8) is 0 Å². The maximum Gasteiger partial charge on any atom is 0.384 e. The molecule has 0 saturated carbocycles. The zero-order valence-corrected chi connectivity index (χ0v) is 24.5. The number of benzene rings is 8. The fourth-order valence-corrected chi connectivity index (χ4v) is 7.39. The Morgan fingerprint density at radius 1 is 0.386 bits per heavy atom. The van der Waals surface area contributed by atoms with Crippen molar-refractivity contribution in [1.29, 1.82) is 0 Å². The number of rotatable bonds is 2. The first kappa shape index (κ1) is 25.2. The van der Waals surface area contributed by atoms with Crippen molar-refractivity contribution in [2.24, 2.45) is 0 Å². The number of hydrogen-bond donors (Lipinski definition) is 1. The van der Waals surface area contributed by atoms with Crippen LogP contribution in [-0.4, -0.2) is 4.89 Å². The summed E-state index contributed by atoms with van der Waals surface area (Å²) in [7, 11) is -2.28. The zero-order chi connectivity index (χ0) is 29.2. The van der Waals surface area contributed by atoms with Crippen molar-refractivity contribution in [1.82, 2.24) is 0 Å². The van der Waals surface area contributed by atoms with Crippen LogP contribution in [0.2, 0.25) is 0 Å². The molecule has 8 aromatic carbocycles. The lowest BCUT2D eigenvalue weighted by Gasteiger charge is -2.13. The van der Waals surface area contributed by atoms with Crippen LogP contribution < -0.4 is 0 Å². The summed E-state index contributed by atoms with van der Waals surface area (Å²) in [6, 6.07) is 50.8. The Bertz CT molecular complexity index is 2450. The molecular formula is C40H25O3P. The molecule has 0 aliphatic carbocycles. The molecule has 0 unspecified atom stereocenters. The highest BCUT2D eigenvalue weighted by Gasteiger charge is 2.20. The van der Waals surface area contributed by atoms with Crippen molar-refractivity contribution in [3.8, 4) is 22.3 Å². The molecule has 3 nitrogen and oxygen atoms in total. The minimum absolute atomic E-state index is 0.632. The van der Waals surface area contributed by atoms with Crippen LogP contribution in [0.5, 0.6) is 0 Å². The second-order valence-corrected chi connectivity index (χ2v) is 12.1. The fourth-order valence-electron chi connectivity index (χ4n) is 6.66. The summed E-state index contributed by atoms with van der Waals surface area (Å²) in [5.74, 6) is 0. The Balaban J connectivity index is 1.50. The summed E-state index contributed by atoms with van der Waals surface area (Å²) in [5, 5.41) is 10.8. The lowest BCUT2D eigenvalue weighted by molar-refractivity contribution is 0.496. The molecule has 9 rings (SSSR count). The van der Waals surface area contributed by atoms with Crippen LogP contribution in [0.4, 0.5) is 0 Å². The van der Waals surface area contributed by atoms with Gasteiger partial charge in [-0.25, -0.2) is 0 Å². The van der Waals surface area contributed by atoms with Crippen LogP contribution in [-0.2, 0) is 0 Å². The van der Waals surface area contributed by atoms with Crippen LogP contribution >= 0.6 is 8.24 Å². The van der Waals surface area contributed by atoms with Gasteiger partial charge in [0.2, 0.25) is 0 Å². The highest BCUT2D eigenvalue weighted by Crippen LogP contribution is 2.46. The average Bonchev–Trinajstić information content (AvgIpc) is 3.23. The summed E-state index contributed by atoms with van der Waals surface area (Å²) >= 11 is 0. The van der Waals surface area contributed by atoms with Crippen LogP contribution in [0.1, 0.15) is 0 Å². The molecule has 0 aliphatic rings. The van der Waals surface area contributed by atoms with Crippen molar-refractivity contribution < 1.29 is 13.3 Å². The first-order valence-electron chi connectivity index (χ1n) is 14.7. The molecule has 0 atom stereocenters. The van der Waals surface area contributed by atoms with E-state index in [1.807, 2.05) is 0 Å². The average molecular weight is 585 g/mol. The Kier molecular flexibility index (Phi) is 5.64. The number of fused-ring (bicyclic) bond motifs is 9. The van der Waals surface area contributed by atoms with E-state index in [9.17, 15) is 4.89 Å². The van der Waals surface area contributed by atoms with Gasteiger partial charge in [-0.15, -0.1) is 0 Å². The van der Waals surface area contributed by atoms with Gasteiger partial charge in [-0.05, 0) is 78.5 Å². The molecule has 1 N–H and O–H groups in total. The van der Waals surface area contributed by atoms with E-state index in [-0.39, 0.29) is 0 Å². The largest absolute Gasteiger partial charge is 0.398 e. The second kappa shape index (κ2) is 9.86. The van der Waals surface area contributed by atoms with Crippen LogP contribution in [0, 0.1) is 0 Å². The van der Waals surface area contributed by atoms with Gasteiger partial charge in [0.25, 0.3) is 0 Å². The second-order valence-electron chi connectivity index (χ2n) is 11.2. The van der Waals surface area contributed by atoms with E-state index < -0.39 is 8.24 Å². The topological polar surface area (TPSA) is 46.5 Å². The van der Waals surface area contributed by atoms with E-state index in [1.165, 1.54) is 10.8 Å². The molecule has 0 radical (unpaired) electrons. The van der Waals surface area contributed by atoms with Gasteiger partial charge in [-0.2, -0.15) is 0 Å². The van der Waals surface area contributed by atoms with E-state index in [0.717, 1.165) is 65.3 Å². The van der Waals surface area contributed by atoms with E-state index >= 15 is 0 Å². The van der Waals surface area contributed by atoms with Crippen LogP contribution in [0.15, 0.2) is 154 Å². The van der Waals surface area contributed by atoms with E-state index in [2.05, 4.69) is 146 Å². The normalized spacial score (nSPS) is 11.8. The number of hydrogen-bond acceptors (Lipinski definition) is 3. The molecule has 9 aromatic rings. The standard InChI is InChI=1S/C40H25O3P/c41-44-42-39-35(31-19-17-25-9-1-3-11-27(25)21-31)23-29-13-5-7-15-33(29)37(39)38-34-16-8-6-14-30(34)24-36(40(38)43-44)32-20-18-26-10-2-4-12-28(26)22-32/h1-24,41H. The van der Waals surface area contributed by atoms with Gasteiger partial charge in [0, 0.05) is 21.9 Å². The molecule has 0 amide bonds. The quantitative estimate of drug-likeness (QED) is 0.220. The lowest BCUT2D eigenvalue weighted by atomic mass is 9.91. The predicted molar refractivity (Wildman–Crippen MR) is 185 cm³/mol. The molecule has 0 spiro atoms. The van der Waals surface area contributed by atoms with Crippen molar-refractivity contribution >= 4 is 73.3 Å². The lowest BCUT2D eigenvalue weighted by Crippen LogP contribution is -1.87. The molecule has 0 bridgehead atoms. The molecule has 208 valence electrons. The summed E-state index contributed by atoms with van der Waals surface area (Å²) in [4.78, 5) is 11.4. The van der Waals surface area contributed by atoms with Gasteiger partial charge < -0.3 is 8.39 Å². The SMILES string of the molecule is Op1oc2c(-c3ccc4ccccc4c3)cc3ccccc3c2c2c(o1)c(-c1ccc3ccccc3c1)cc1ccccc12. The minimum Gasteiger partial charge on any atom is -0.398 e. The monoisotopic (exact) mass is 584 g/mol. The summed E-state index contributed by atoms with van der Waals surface area (Å²) in [5.41, 5.74) is 5.14. The molecule has 4 heteroatoms. The summed E-state index contributed by atoms with van der Waals surface area (Å²) < 4.78 is 12.9. The first-order valence-corrected chi connectivity index (χ1v) is 15.8. The Hall–Kier alpha value is -5.34. The third-order valence-electron chi connectivity index (χ3n) is 8.71. The van der Waals surface area contributed by atoms with Gasteiger partial charge in [-0.3, -0.25) is 4.89 Å². The Morgan fingerprint density at radius 3 is 1.23 bits per heavy atom. The maximum atomic E-state index is 11.4. The van der Waals surface area contributed by atoms with E-state index in [4.69, 9.17) is 8.39 Å². The molecule has 1 aromatic heterocycles. The fraction of sp³-hybridized carbons (Fsp3) is 0. The van der Waals surface area contributed by atoms with Gasteiger partial charge in [0.1, 0.15) is 0 Å². The van der Waals surface area contributed by atoms with E-state index in [0.29, 0.717) is 11.2 Å².